The first-order chi connectivity index (χ1) is 4.93. The average molecular weight is 135 g/mol. The van der Waals surface area contributed by atoms with Crippen molar-refractivity contribution in [3.63, 3.8) is 0 Å². The van der Waals surface area contributed by atoms with Crippen molar-refractivity contribution in [1.82, 2.24) is 0 Å². The zero-order valence-electron chi connectivity index (χ0n) is 6.21. The lowest BCUT2D eigenvalue weighted by Crippen LogP contribution is -1.94. The normalized spacial score (nSPS) is 29.7. The zero-order valence-corrected chi connectivity index (χ0v) is 6.21. The van der Waals surface area contributed by atoms with Crippen LogP contribution in [0.1, 0.15) is 32.1 Å². The summed E-state index contributed by atoms with van der Waals surface area (Å²) in [6.45, 7) is 0. The van der Waals surface area contributed by atoms with Gasteiger partial charge in [0.25, 0.3) is 0 Å². The molecule has 1 heteroatoms. The minimum absolute atomic E-state index is 0.195. The smallest absolute Gasteiger partial charge is 0.0697 e. The van der Waals surface area contributed by atoms with E-state index in [4.69, 9.17) is 5.26 Å². The van der Waals surface area contributed by atoms with Crippen molar-refractivity contribution in [2.45, 2.75) is 32.1 Å². The average Bonchev–Trinajstić information content (AvgIpc) is 1.87. The molecule has 1 nitrogen and oxygen atoms in total. The van der Waals surface area contributed by atoms with Crippen LogP contribution >= 0.6 is 0 Å². The number of hydrogen-bond acceptors (Lipinski definition) is 1. The van der Waals surface area contributed by atoms with Gasteiger partial charge in [-0.25, -0.2) is 0 Å². The molecule has 0 N–H and O–H groups in total. The second-order valence-corrected chi connectivity index (χ2v) is 2.80. The number of allylic oxidation sites excluding steroid dienone is 2. The van der Waals surface area contributed by atoms with E-state index in [0.717, 1.165) is 12.8 Å². The van der Waals surface area contributed by atoms with Crippen LogP contribution < -0.4 is 0 Å². The predicted octanol–water partition coefficient (Wildman–Crippen LogP) is 2.65. The molecule has 10 heavy (non-hydrogen) atoms. The summed E-state index contributed by atoms with van der Waals surface area (Å²) in [5.41, 5.74) is 0. The SMILES string of the molecule is N#CC1/C=C\CCCCC1. The Kier molecular flexibility index (Phi) is 3.02. The molecule has 0 aromatic carbocycles. The number of rotatable bonds is 0. The van der Waals surface area contributed by atoms with E-state index < -0.39 is 0 Å². The Hall–Kier alpha value is -0.770. The van der Waals surface area contributed by atoms with Crippen molar-refractivity contribution in [3.8, 4) is 6.07 Å². The highest BCUT2D eigenvalue weighted by Crippen LogP contribution is 2.15. The van der Waals surface area contributed by atoms with Crippen molar-refractivity contribution < 1.29 is 0 Å². The summed E-state index contributed by atoms with van der Waals surface area (Å²) in [5.74, 6) is 0.195. The summed E-state index contributed by atoms with van der Waals surface area (Å²) in [5, 5.41) is 8.61. The Morgan fingerprint density at radius 1 is 1.30 bits per heavy atom. The second-order valence-electron chi connectivity index (χ2n) is 2.80. The molecule has 1 unspecified atom stereocenters. The Labute approximate surface area is 62.4 Å². The number of nitrogens with zero attached hydrogens (tertiary/aromatic N) is 1. The first-order valence-corrected chi connectivity index (χ1v) is 4.00. The van der Waals surface area contributed by atoms with E-state index in [-0.39, 0.29) is 5.92 Å². The van der Waals surface area contributed by atoms with E-state index in [1.54, 1.807) is 0 Å². The standard InChI is InChI=1S/C9H13N/c10-8-9-6-4-2-1-3-5-7-9/h4,6,9H,1-3,5,7H2/b6-4-. The monoisotopic (exact) mass is 135 g/mol. The number of hydrogen-bond donors (Lipinski definition) is 0. The van der Waals surface area contributed by atoms with Crippen LogP contribution in [0.3, 0.4) is 0 Å². The molecule has 1 aliphatic carbocycles. The molecule has 0 heterocycles. The van der Waals surface area contributed by atoms with Gasteiger partial charge in [0.2, 0.25) is 0 Å². The van der Waals surface area contributed by atoms with E-state index >= 15 is 0 Å². The molecule has 0 aliphatic heterocycles. The van der Waals surface area contributed by atoms with Gasteiger partial charge < -0.3 is 0 Å². The predicted molar refractivity (Wildman–Crippen MR) is 41.3 cm³/mol. The molecule has 0 radical (unpaired) electrons. The molecule has 0 aromatic rings. The Bertz CT molecular complexity index is 153. The van der Waals surface area contributed by atoms with Crippen LogP contribution in [0.15, 0.2) is 12.2 Å². The Morgan fingerprint density at radius 2 is 2.20 bits per heavy atom. The van der Waals surface area contributed by atoms with Gasteiger partial charge in [-0.1, -0.05) is 25.0 Å². The highest BCUT2D eigenvalue weighted by Gasteiger charge is 2.03. The molecule has 54 valence electrons. The first-order valence-electron chi connectivity index (χ1n) is 4.00. The molecule has 0 spiro atoms. The van der Waals surface area contributed by atoms with Gasteiger partial charge >= 0.3 is 0 Å². The van der Waals surface area contributed by atoms with E-state index in [1.807, 2.05) is 0 Å². The van der Waals surface area contributed by atoms with Gasteiger partial charge in [-0.05, 0) is 19.3 Å². The van der Waals surface area contributed by atoms with Gasteiger partial charge in [-0.2, -0.15) is 5.26 Å². The van der Waals surface area contributed by atoms with Crippen LogP contribution in [0.2, 0.25) is 0 Å². The van der Waals surface area contributed by atoms with E-state index in [2.05, 4.69) is 18.2 Å². The highest BCUT2D eigenvalue weighted by atomic mass is 14.3. The third-order valence-electron chi connectivity index (χ3n) is 1.92. The van der Waals surface area contributed by atoms with Gasteiger partial charge in [0, 0.05) is 0 Å². The van der Waals surface area contributed by atoms with Gasteiger partial charge in [0.05, 0.1) is 12.0 Å². The van der Waals surface area contributed by atoms with Gasteiger partial charge in [-0.15, -0.1) is 0 Å². The van der Waals surface area contributed by atoms with Crippen LogP contribution in [0.5, 0.6) is 0 Å². The van der Waals surface area contributed by atoms with Crippen molar-refractivity contribution in [2.75, 3.05) is 0 Å². The molecule has 0 saturated carbocycles. The summed E-state index contributed by atoms with van der Waals surface area (Å²) in [7, 11) is 0. The van der Waals surface area contributed by atoms with Gasteiger partial charge in [0.15, 0.2) is 0 Å². The summed E-state index contributed by atoms with van der Waals surface area (Å²) < 4.78 is 0. The lowest BCUT2D eigenvalue weighted by molar-refractivity contribution is 0.588. The van der Waals surface area contributed by atoms with Crippen LogP contribution in [0, 0.1) is 17.2 Å². The maximum Gasteiger partial charge on any atom is 0.0697 e. The van der Waals surface area contributed by atoms with Crippen molar-refractivity contribution in [3.05, 3.63) is 12.2 Å². The minimum atomic E-state index is 0.195. The molecule has 0 amide bonds. The fourth-order valence-electron chi connectivity index (χ4n) is 1.27. The lowest BCUT2D eigenvalue weighted by Gasteiger charge is -2.06. The van der Waals surface area contributed by atoms with E-state index in [9.17, 15) is 0 Å². The van der Waals surface area contributed by atoms with E-state index in [1.165, 1.54) is 19.3 Å². The lowest BCUT2D eigenvalue weighted by atomic mass is 9.98. The molecule has 0 aromatic heterocycles. The van der Waals surface area contributed by atoms with Crippen LogP contribution in [-0.4, -0.2) is 0 Å². The quantitative estimate of drug-likeness (QED) is 0.468. The fraction of sp³-hybridized carbons (Fsp3) is 0.667. The summed E-state index contributed by atoms with van der Waals surface area (Å²) >= 11 is 0. The number of nitriles is 1. The van der Waals surface area contributed by atoms with Crippen LogP contribution in [-0.2, 0) is 0 Å². The summed E-state index contributed by atoms with van der Waals surface area (Å²) in [4.78, 5) is 0. The second kappa shape index (κ2) is 4.11. The van der Waals surface area contributed by atoms with Crippen molar-refractivity contribution in [2.24, 2.45) is 5.92 Å². The maximum atomic E-state index is 8.61. The Morgan fingerprint density at radius 3 is 3.00 bits per heavy atom. The topological polar surface area (TPSA) is 23.8 Å². The van der Waals surface area contributed by atoms with E-state index in [0.29, 0.717) is 0 Å². The minimum Gasteiger partial charge on any atom is -0.198 e. The van der Waals surface area contributed by atoms with Crippen LogP contribution in [0.25, 0.3) is 0 Å². The van der Waals surface area contributed by atoms with Gasteiger partial charge in [0.1, 0.15) is 0 Å². The molecule has 1 atom stereocenters. The fourth-order valence-corrected chi connectivity index (χ4v) is 1.27. The van der Waals surface area contributed by atoms with Crippen molar-refractivity contribution >= 4 is 0 Å². The third kappa shape index (κ3) is 2.23. The molecular formula is C9H13N. The van der Waals surface area contributed by atoms with Gasteiger partial charge in [-0.3, -0.25) is 0 Å². The van der Waals surface area contributed by atoms with Crippen molar-refractivity contribution in [1.29, 1.82) is 5.26 Å². The zero-order chi connectivity index (χ0) is 7.23. The molecule has 0 bridgehead atoms. The van der Waals surface area contributed by atoms with Crippen LogP contribution in [0.4, 0.5) is 0 Å². The molecule has 0 saturated heterocycles. The first kappa shape index (κ1) is 7.34. The summed E-state index contributed by atoms with van der Waals surface area (Å²) in [6, 6.07) is 2.28. The Balaban J connectivity index is 2.42. The molecule has 1 aliphatic rings. The largest absolute Gasteiger partial charge is 0.198 e. The molecular weight excluding hydrogens is 122 g/mol. The summed E-state index contributed by atoms with van der Waals surface area (Å²) in [6.07, 6.45) is 10.2. The molecule has 0 fully saturated rings. The highest BCUT2D eigenvalue weighted by molar-refractivity contribution is 5.00. The third-order valence-corrected chi connectivity index (χ3v) is 1.92. The maximum absolute atomic E-state index is 8.61. The molecule has 1 rings (SSSR count).